The molecule has 1 heterocycles. The molecule has 1 aromatic heterocycles. The molecule has 1 aromatic carbocycles. The maximum absolute atomic E-state index is 11.9. The predicted molar refractivity (Wildman–Crippen MR) is 69.6 cm³/mol. The van der Waals surface area contributed by atoms with Gasteiger partial charge >= 0.3 is 0 Å². The van der Waals surface area contributed by atoms with E-state index >= 15 is 0 Å². The van der Waals surface area contributed by atoms with E-state index < -0.39 is 0 Å². The number of hydrogen-bond acceptors (Lipinski definition) is 3. The number of anilines is 1. The SMILES string of the molecule is CC(C)(C)c1cc(C(=O)Nc2ccccc2)on1. The minimum atomic E-state index is -0.288. The van der Waals surface area contributed by atoms with Crippen molar-refractivity contribution in [2.75, 3.05) is 5.32 Å². The second-order valence-corrected chi connectivity index (χ2v) is 5.15. The molecule has 94 valence electrons. The highest BCUT2D eigenvalue weighted by molar-refractivity contribution is 6.02. The first-order valence-electron chi connectivity index (χ1n) is 5.80. The molecule has 1 amide bonds. The number of nitrogens with one attached hydrogen (secondary N) is 1. The van der Waals surface area contributed by atoms with Crippen molar-refractivity contribution in [1.82, 2.24) is 5.16 Å². The molecular weight excluding hydrogens is 228 g/mol. The lowest BCUT2D eigenvalue weighted by Crippen LogP contribution is -2.12. The van der Waals surface area contributed by atoms with Gasteiger partial charge in [-0.3, -0.25) is 4.79 Å². The average Bonchev–Trinajstić information content (AvgIpc) is 2.79. The molecule has 0 fully saturated rings. The summed E-state index contributed by atoms with van der Waals surface area (Å²) in [7, 11) is 0. The van der Waals surface area contributed by atoms with Gasteiger partial charge in [0, 0.05) is 17.2 Å². The largest absolute Gasteiger partial charge is 0.351 e. The van der Waals surface area contributed by atoms with Crippen molar-refractivity contribution in [3.8, 4) is 0 Å². The lowest BCUT2D eigenvalue weighted by atomic mass is 9.92. The molecule has 4 heteroatoms. The Bertz CT molecular complexity index is 538. The Morgan fingerprint density at radius 3 is 2.44 bits per heavy atom. The molecule has 0 unspecified atom stereocenters. The highest BCUT2D eigenvalue weighted by Gasteiger charge is 2.21. The van der Waals surface area contributed by atoms with Gasteiger partial charge in [-0.15, -0.1) is 0 Å². The Morgan fingerprint density at radius 2 is 1.89 bits per heavy atom. The topological polar surface area (TPSA) is 55.1 Å². The zero-order chi connectivity index (χ0) is 13.2. The van der Waals surface area contributed by atoms with E-state index in [0.29, 0.717) is 0 Å². The Hall–Kier alpha value is -2.10. The third kappa shape index (κ3) is 2.77. The molecule has 0 aliphatic carbocycles. The lowest BCUT2D eigenvalue weighted by molar-refractivity contribution is 0.0987. The van der Waals surface area contributed by atoms with E-state index in [2.05, 4.69) is 10.5 Å². The molecule has 2 rings (SSSR count). The molecule has 0 saturated carbocycles. The molecule has 0 aliphatic heterocycles. The minimum Gasteiger partial charge on any atom is -0.351 e. The Balaban J connectivity index is 2.13. The third-order valence-corrected chi connectivity index (χ3v) is 2.53. The van der Waals surface area contributed by atoms with Crippen LogP contribution in [0.1, 0.15) is 37.0 Å². The van der Waals surface area contributed by atoms with E-state index in [4.69, 9.17) is 4.52 Å². The van der Waals surface area contributed by atoms with Crippen molar-refractivity contribution in [3.63, 3.8) is 0 Å². The van der Waals surface area contributed by atoms with Crippen LogP contribution in [0.2, 0.25) is 0 Å². The second kappa shape index (κ2) is 4.64. The molecule has 0 bridgehead atoms. The molecule has 4 nitrogen and oxygen atoms in total. The van der Waals surface area contributed by atoms with E-state index in [1.807, 2.05) is 51.1 Å². The van der Waals surface area contributed by atoms with Crippen molar-refractivity contribution < 1.29 is 9.32 Å². The third-order valence-electron chi connectivity index (χ3n) is 2.53. The highest BCUT2D eigenvalue weighted by Crippen LogP contribution is 2.21. The molecule has 0 radical (unpaired) electrons. The summed E-state index contributed by atoms with van der Waals surface area (Å²) in [6, 6.07) is 10.9. The minimum absolute atomic E-state index is 0.130. The zero-order valence-corrected chi connectivity index (χ0v) is 10.7. The number of hydrogen-bond donors (Lipinski definition) is 1. The molecule has 18 heavy (non-hydrogen) atoms. The van der Waals surface area contributed by atoms with Crippen LogP contribution in [0.4, 0.5) is 5.69 Å². The summed E-state index contributed by atoms with van der Waals surface area (Å²) in [4.78, 5) is 11.9. The predicted octanol–water partition coefficient (Wildman–Crippen LogP) is 3.22. The van der Waals surface area contributed by atoms with Crippen LogP contribution < -0.4 is 5.32 Å². The first-order chi connectivity index (χ1) is 8.47. The number of aromatic nitrogens is 1. The summed E-state index contributed by atoms with van der Waals surface area (Å²) in [6.45, 7) is 6.05. The summed E-state index contributed by atoms with van der Waals surface area (Å²) in [5.41, 5.74) is 1.37. The quantitative estimate of drug-likeness (QED) is 0.882. The number of nitrogens with zero attached hydrogens (tertiary/aromatic N) is 1. The van der Waals surface area contributed by atoms with E-state index in [1.54, 1.807) is 6.07 Å². The maximum Gasteiger partial charge on any atom is 0.294 e. The first kappa shape index (κ1) is 12.4. The van der Waals surface area contributed by atoms with Crippen LogP contribution in [0, 0.1) is 0 Å². The van der Waals surface area contributed by atoms with Gasteiger partial charge in [-0.1, -0.05) is 44.1 Å². The number of amides is 1. The van der Waals surface area contributed by atoms with Crippen molar-refractivity contribution in [1.29, 1.82) is 0 Å². The van der Waals surface area contributed by atoms with Gasteiger partial charge in [0.25, 0.3) is 5.91 Å². The van der Waals surface area contributed by atoms with Crippen molar-refractivity contribution in [2.24, 2.45) is 0 Å². The van der Waals surface area contributed by atoms with Gasteiger partial charge in [-0.25, -0.2) is 0 Å². The van der Waals surface area contributed by atoms with Crippen molar-refractivity contribution >= 4 is 11.6 Å². The summed E-state index contributed by atoms with van der Waals surface area (Å²) < 4.78 is 5.06. The number of benzene rings is 1. The van der Waals surface area contributed by atoms with Crippen molar-refractivity contribution in [2.45, 2.75) is 26.2 Å². The van der Waals surface area contributed by atoms with Gasteiger partial charge in [0.2, 0.25) is 5.76 Å². The van der Waals surface area contributed by atoms with E-state index in [0.717, 1.165) is 11.4 Å². The van der Waals surface area contributed by atoms with Crippen LogP contribution in [0.15, 0.2) is 40.9 Å². The fraction of sp³-hybridized carbons (Fsp3) is 0.286. The van der Waals surface area contributed by atoms with Gasteiger partial charge < -0.3 is 9.84 Å². The molecule has 0 atom stereocenters. The van der Waals surface area contributed by atoms with Crippen LogP contribution in [-0.2, 0) is 5.41 Å². The fourth-order valence-corrected chi connectivity index (χ4v) is 1.45. The molecule has 1 N–H and O–H groups in total. The molecule has 0 saturated heterocycles. The Morgan fingerprint density at radius 1 is 1.22 bits per heavy atom. The number of rotatable bonds is 2. The van der Waals surface area contributed by atoms with Gasteiger partial charge in [0.05, 0.1) is 5.69 Å². The molecule has 0 spiro atoms. The smallest absolute Gasteiger partial charge is 0.294 e. The summed E-state index contributed by atoms with van der Waals surface area (Å²) in [5.74, 6) is -0.0621. The summed E-state index contributed by atoms with van der Waals surface area (Å²) >= 11 is 0. The van der Waals surface area contributed by atoms with E-state index in [9.17, 15) is 4.79 Å². The lowest BCUT2D eigenvalue weighted by Gasteiger charge is -2.12. The van der Waals surface area contributed by atoms with Crippen LogP contribution >= 0.6 is 0 Å². The highest BCUT2D eigenvalue weighted by atomic mass is 16.5. The number of carbonyl (C=O) groups is 1. The molecule has 2 aromatic rings. The number of carbonyl (C=O) groups excluding carboxylic acids is 1. The zero-order valence-electron chi connectivity index (χ0n) is 10.7. The van der Waals surface area contributed by atoms with Gasteiger partial charge in [0.15, 0.2) is 0 Å². The summed E-state index contributed by atoms with van der Waals surface area (Å²) in [5, 5.41) is 6.66. The van der Waals surface area contributed by atoms with Gasteiger partial charge in [-0.2, -0.15) is 0 Å². The molecular formula is C14H16N2O2. The average molecular weight is 244 g/mol. The van der Waals surface area contributed by atoms with Crippen LogP contribution in [-0.4, -0.2) is 11.1 Å². The van der Waals surface area contributed by atoms with Crippen LogP contribution in [0.5, 0.6) is 0 Å². The normalized spacial score (nSPS) is 11.3. The van der Waals surface area contributed by atoms with E-state index in [1.165, 1.54) is 0 Å². The van der Waals surface area contributed by atoms with Crippen LogP contribution in [0.25, 0.3) is 0 Å². The monoisotopic (exact) mass is 244 g/mol. The molecule has 0 aliphatic rings. The summed E-state index contributed by atoms with van der Waals surface area (Å²) in [6.07, 6.45) is 0. The Kier molecular flexibility index (Phi) is 3.19. The van der Waals surface area contributed by atoms with Crippen molar-refractivity contribution in [3.05, 3.63) is 47.9 Å². The van der Waals surface area contributed by atoms with Gasteiger partial charge in [0.1, 0.15) is 0 Å². The second-order valence-electron chi connectivity index (χ2n) is 5.15. The van der Waals surface area contributed by atoms with Gasteiger partial charge in [-0.05, 0) is 12.1 Å². The number of para-hydroxylation sites is 1. The fourth-order valence-electron chi connectivity index (χ4n) is 1.45. The maximum atomic E-state index is 11.9. The van der Waals surface area contributed by atoms with E-state index in [-0.39, 0.29) is 17.1 Å². The Labute approximate surface area is 106 Å². The standard InChI is InChI=1S/C14H16N2O2/c1-14(2,3)12-9-11(18-16-12)13(17)15-10-7-5-4-6-8-10/h4-9H,1-3H3,(H,15,17). The van der Waals surface area contributed by atoms with Crippen LogP contribution in [0.3, 0.4) is 0 Å². The first-order valence-corrected chi connectivity index (χ1v) is 5.80.